The Morgan fingerprint density at radius 1 is 0.375 bits per heavy atom. The summed E-state index contributed by atoms with van der Waals surface area (Å²) in [7, 11) is 2.01. The average molecular weight is 455 g/mol. The molecule has 0 fully saturated rings. The zero-order valence-corrected chi connectivity index (χ0v) is 20.5. The first kappa shape index (κ1) is 22.9. The average Bonchev–Trinajstić information content (AvgIpc) is 2.88. The first-order valence-electron chi connectivity index (χ1n) is 11.5. The zero-order valence-electron chi connectivity index (χ0n) is 18.5. The van der Waals surface area contributed by atoms with E-state index in [1.54, 1.807) is 0 Å². The van der Waals surface area contributed by atoms with E-state index in [4.69, 9.17) is 0 Å². The summed E-state index contributed by atoms with van der Waals surface area (Å²) in [5.74, 6) is 1.03. The van der Waals surface area contributed by atoms with Gasteiger partial charge in [-0.2, -0.15) is 0 Å². The molecule has 0 aliphatic rings. The van der Waals surface area contributed by atoms with Gasteiger partial charge in [0, 0.05) is 11.8 Å². The van der Waals surface area contributed by atoms with Crippen LogP contribution in [-0.4, -0.2) is 24.6 Å². The van der Waals surface area contributed by atoms with E-state index in [0.717, 1.165) is 17.2 Å². The standard InChI is InChI=1S/C30H32P2/c1-5-13-25(14-6-1)29(26-15-7-2-8-16-26)23-31-21-22-32-24-30(27-17-9-3-10-18-27)28-19-11-4-12-20-28/h1-20,29-32H,21-24H2. The molecule has 0 nitrogen and oxygen atoms in total. The molecule has 0 radical (unpaired) electrons. The van der Waals surface area contributed by atoms with Crippen LogP contribution in [0, 0.1) is 0 Å². The normalized spacial score (nSPS) is 11.9. The summed E-state index contributed by atoms with van der Waals surface area (Å²) in [6.07, 6.45) is 5.18. The second kappa shape index (κ2) is 12.7. The maximum Gasteiger partial charge on any atom is 0.0126 e. The lowest BCUT2D eigenvalue weighted by molar-refractivity contribution is 0.930. The van der Waals surface area contributed by atoms with Gasteiger partial charge in [0.25, 0.3) is 0 Å². The van der Waals surface area contributed by atoms with Gasteiger partial charge in [-0.15, -0.1) is 17.2 Å². The molecule has 0 aromatic heterocycles. The first-order valence-corrected chi connectivity index (χ1v) is 14.4. The van der Waals surface area contributed by atoms with E-state index in [1.807, 2.05) is 0 Å². The van der Waals surface area contributed by atoms with Crippen molar-refractivity contribution in [2.75, 3.05) is 24.6 Å². The molecule has 0 heterocycles. The summed E-state index contributed by atoms with van der Waals surface area (Å²) in [6, 6.07) is 44.1. The lowest BCUT2D eigenvalue weighted by atomic mass is 9.93. The summed E-state index contributed by atoms with van der Waals surface area (Å²) in [5.41, 5.74) is 5.78. The molecule has 2 unspecified atom stereocenters. The highest BCUT2D eigenvalue weighted by atomic mass is 31.1. The van der Waals surface area contributed by atoms with E-state index >= 15 is 0 Å². The quantitative estimate of drug-likeness (QED) is 0.159. The van der Waals surface area contributed by atoms with Gasteiger partial charge in [-0.25, -0.2) is 0 Å². The van der Waals surface area contributed by atoms with Crippen LogP contribution in [0.25, 0.3) is 0 Å². The van der Waals surface area contributed by atoms with E-state index in [9.17, 15) is 0 Å². The highest BCUT2D eigenvalue weighted by Crippen LogP contribution is 2.34. The fraction of sp³-hybridized carbons (Fsp3) is 0.200. The molecular weight excluding hydrogens is 422 g/mol. The molecule has 4 aromatic rings. The minimum absolute atomic E-state index is 0.514. The van der Waals surface area contributed by atoms with Crippen molar-refractivity contribution in [1.82, 2.24) is 0 Å². The molecule has 0 bridgehead atoms. The molecule has 0 saturated carbocycles. The second-order valence-corrected chi connectivity index (χ2v) is 11.0. The van der Waals surface area contributed by atoms with Crippen LogP contribution >= 0.6 is 17.2 Å². The Bertz CT molecular complexity index is 851. The minimum Gasteiger partial charge on any atom is -0.121 e. The molecular formula is C30H32P2. The van der Waals surface area contributed by atoms with E-state index in [2.05, 4.69) is 121 Å². The van der Waals surface area contributed by atoms with Gasteiger partial charge in [-0.3, -0.25) is 0 Å². The second-order valence-electron chi connectivity index (χ2n) is 8.16. The van der Waals surface area contributed by atoms with Crippen molar-refractivity contribution in [3.63, 3.8) is 0 Å². The molecule has 0 aliphatic heterocycles. The van der Waals surface area contributed by atoms with Crippen molar-refractivity contribution in [3.8, 4) is 0 Å². The number of rotatable bonds is 11. The number of hydrogen-bond acceptors (Lipinski definition) is 0. The number of benzene rings is 4. The van der Waals surface area contributed by atoms with Gasteiger partial charge in [0.15, 0.2) is 0 Å². The largest absolute Gasteiger partial charge is 0.121 e. The first-order chi connectivity index (χ1) is 15.9. The molecule has 0 N–H and O–H groups in total. The number of hydrogen-bond donors (Lipinski definition) is 0. The van der Waals surface area contributed by atoms with Crippen molar-refractivity contribution in [3.05, 3.63) is 144 Å². The van der Waals surface area contributed by atoms with E-state index in [0.29, 0.717) is 11.8 Å². The molecule has 0 amide bonds. The van der Waals surface area contributed by atoms with Crippen LogP contribution in [0.5, 0.6) is 0 Å². The summed E-state index contributed by atoms with van der Waals surface area (Å²) in [5, 5.41) is 0. The molecule has 0 aliphatic carbocycles. The fourth-order valence-electron chi connectivity index (χ4n) is 4.27. The predicted molar refractivity (Wildman–Crippen MR) is 146 cm³/mol. The van der Waals surface area contributed by atoms with Gasteiger partial charge < -0.3 is 0 Å². The van der Waals surface area contributed by atoms with Crippen molar-refractivity contribution in [1.29, 1.82) is 0 Å². The topological polar surface area (TPSA) is 0 Å². The van der Waals surface area contributed by atoms with Crippen LogP contribution in [0.2, 0.25) is 0 Å². The molecule has 32 heavy (non-hydrogen) atoms. The van der Waals surface area contributed by atoms with Crippen LogP contribution < -0.4 is 0 Å². The van der Waals surface area contributed by atoms with Gasteiger partial charge in [0.05, 0.1) is 0 Å². The lowest BCUT2D eigenvalue weighted by Gasteiger charge is -2.19. The SMILES string of the molecule is c1ccc(C(CPCCPCC(c2ccccc2)c2ccccc2)c2ccccc2)cc1. The smallest absolute Gasteiger partial charge is 0.0126 e. The summed E-state index contributed by atoms with van der Waals surface area (Å²) in [6.45, 7) is 0. The highest BCUT2D eigenvalue weighted by Gasteiger charge is 2.15. The Hall–Kier alpha value is -2.26. The molecule has 4 aromatic carbocycles. The van der Waals surface area contributed by atoms with E-state index in [-0.39, 0.29) is 0 Å². The van der Waals surface area contributed by atoms with Crippen molar-refractivity contribution in [2.24, 2.45) is 0 Å². The molecule has 2 heteroatoms. The Balaban J connectivity index is 1.31. The highest BCUT2D eigenvalue weighted by molar-refractivity contribution is 7.42. The minimum atomic E-state index is 0.514. The molecule has 0 spiro atoms. The predicted octanol–water partition coefficient (Wildman–Crippen LogP) is 8.01. The van der Waals surface area contributed by atoms with Gasteiger partial charge in [0.1, 0.15) is 0 Å². The van der Waals surface area contributed by atoms with Gasteiger partial charge in [-0.05, 0) is 46.9 Å². The Kier molecular flexibility index (Phi) is 9.09. The van der Waals surface area contributed by atoms with Crippen molar-refractivity contribution >= 4 is 17.2 Å². The molecule has 0 saturated heterocycles. The third-order valence-corrected chi connectivity index (χ3v) is 9.08. The maximum absolute atomic E-state index is 2.29. The third kappa shape index (κ3) is 6.62. The lowest BCUT2D eigenvalue weighted by Crippen LogP contribution is -2.05. The monoisotopic (exact) mass is 454 g/mol. The molecule has 162 valence electrons. The Morgan fingerprint density at radius 3 is 0.875 bits per heavy atom. The van der Waals surface area contributed by atoms with Crippen LogP contribution in [0.1, 0.15) is 34.1 Å². The van der Waals surface area contributed by atoms with E-state index < -0.39 is 0 Å². The van der Waals surface area contributed by atoms with Crippen LogP contribution in [0.3, 0.4) is 0 Å². The maximum atomic E-state index is 2.29. The fourth-order valence-corrected chi connectivity index (χ4v) is 7.61. The van der Waals surface area contributed by atoms with Crippen molar-refractivity contribution in [2.45, 2.75) is 11.8 Å². The van der Waals surface area contributed by atoms with Crippen LogP contribution in [-0.2, 0) is 0 Å². The summed E-state index contributed by atoms with van der Waals surface area (Å²) >= 11 is 0. The van der Waals surface area contributed by atoms with Crippen molar-refractivity contribution < 1.29 is 0 Å². The van der Waals surface area contributed by atoms with Crippen LogP contribution in [0.15, 0.2) is 121 Å². The van der Waals surface area contributed by atoms with Gasteiger partial charge in [0.2, 0.25) is 0 Å². The Morgan fingerprint density at radius 2 is 0.625 bits per heavy atom. The van der Waals surface area contributed by atoms with E-state index in [1.165, 1.54) is 46.9 Å². The third-order valence-electron chi connectivity index (χ3n) is 5.98. The van der Waals surface area contributed by atoms with Crippen LogP contribution in [0.4, 0.5) is 0 Å². The zero-order chi connectivity index (χ0) is 21.8. The summed E-state index contributed by atoms with van der Waals surface area (Å²) < 4.78 is 0. The van der Waals surface area contributed by atoms with Gasteiger partial charge >= 0.3 is 0 Å². The van der Waals surface area contributed by atoms with Gasteiger partial charge in [-0.1, -0.05) is 121 Å². The molecule has 4 rings (SSSR count). The molecule has 2 atom stereocenters. The summed E-state index contributed by atoms with van der Waals surface area (Å²) in [4.78, 5) is 0. The Labute approximate surface area is 197 Å².